The molecule has 0 aromatic heterocycles. The summed E-state index contributed by atoms with van der Waals surface area (Å²) in [6.07, 6.45) is 2.40. The number of nitrogens with one attached hydrogen (secondary N) is 1. The summed E-state index contributed by atoms with van der Waals surface area (Å²) in [6, 6.07) is 3.02. The molecule has 0 saturated carbocycles. The van der Waals surface area contributed by atoms with E-state index >= 15 is 0 Å². The maximum atomic E-state index is 13.5. The van der Waals surface area contributed by atoms with Crippen LogP contribution in [0.1, 0.15) is 24.8 Å². The first kappa shape index (κ1) is 13.9. The van der Waals surface area contributed by atoms with E-state index in [1.807, 2.05) is 0 Å². The van der Waals surface area contributed by atoms with Gasteiger partial charge in [0.2, 0.25) is 10.0 Å². The fourth-order valence-corrected chi connectivity index (χ4v) is 4.34. The Balaban J connectivity index is 1.73. The van der Waals surface area contributed by atoms with Crippen LogP contribution in [0.15, 0.2) is 18.2 Å². The lowest BCUT2D eigenvalue weighted by molar-refractivity contribution is 0.0996. The van der Waals surface area contributed by atoms with Crippen LogP contribution < -0.4 is 4.72 Å². The molecule has 3 rings (SSSR count). The Morgan fingerprint density at radius 2 is 1.95 bits per heavy atom. The highest BCUT2D eigenvalue weighted by Gasteiger charge is 2.42. The van der Waals surface area contributed by atoms with Gasteiger partial charge in [-0.2, -0.15) is 0 Å². The lowest BCUT2D eigenvalue weighted by Gasteiger charge is -2.20. The highest BCUT2D eigenvalue weighted by molar-refractivity contribution is 7.88. The van der Waals surface area contributed by atoms with Crippen molar-refractivity contribution in [3.05, 3.63) is 35.4 Å². The van der Waals surface area contributed by atoms with Gasteiger partial charge in [-0.25, -0.2) is 21.9 Å². The minimum atomic E-state index is -3.80. The van der Waals surface area contributed by atoms with E-state index in [1.165, 1.54) is 6.07 Å². The smallest absolute Gasteiger partial charge is 0.216 e. The highest BCUT2D eigenvalue weighted by atomic mass is 32.2. The molecule has 0 aliphatic carbocycles. The molecule has 2 heterocycles. The average Bonchev–Trinajstić information content (AvgIpc) is 2.95. The zero-order valence-corrected chi connectivity index (χ0v) is 11.5. The lowest BCUT2D eigenvalue weighted by atomic mass is 9.96. The van der Waals surface area contributed by atoms with Gasteiger partial charge in [0.05, 0.1) is 24.0 Å². The summed E-state index contributed by atoms with van der Waals surface area (Å²) in [5.41, 5.74) is -0.427. The molecule has 2 saturated heterocycles. The van der Waals surface area contributed by atoms with Crippen molar-refractivity contribution in [3.63, 3.8) is 0 Å². The fourth-order valence-electron chi connectivity index (χ4n) is 2.89. The summed E-state index contributed by atoms with van der Waals surface area (Å²) in [5.74, 6) is -2.39. The Morgan fingerprint density at radius 3 is 2.50 bits per heavy atom. The van der Waals surface area contributed by atoms with Crippen molar-refractivity contribution in [2.24, 2.45) is 0 Å². The van der Waals surface area contributed by atoms with Crippen LogP contribution in [-0.4, -0.2) is 26.7 Å². The van der Waals surface area contributed by atoms with Crippen LogP contribution in [0.5, 0.6) is 0 Å². The lowest BCUT2D eigenvalue weighted by Crippen LogP contribution is -2.42. The van der Waals surface area contributed by atoms with E-state index in [0.717, 1.165) is 25.0 Å². The Morgan fingerprint density at radius 1 is 1.25 bits per heavy atom. The first-order valence-corrected chi connectivity index (χ1v) is 8.18. The number of benzene rings is 1. The monoisotopic (exact) mass is 303 g/mol. The first-order chi connectivity index (χ1) is 9.44. The van der Waals surface area contributed by atoms with E-state index in [-0.39, 0.29) is 18.2 Å². The number of sulfonamides is 1. The van der Waals surface area contributed by atoms with Crippen LogP contribution in [-0.2, 0) is 20.5 Å². The Bertz CT molecular complexity index is 600. The minimum Gasteiger partial charge on any atom is -0.373 e. The standard InChI is InChI=1S/C13H15F2NO3S/c14-10-2-1-3-11(15)9(10)7-20(17,18)16-12-6-8-4-5-13(12)19-8/h1-3,8,12-13,16H,4-7H2. The zero-order chi connectivity index (χ0) is 14.3. The molecule has 2 bridgehead atoms. The Hall–Kier alpha value is -1.05. The quantitative estimate of drug-likeness (QED) is 0.921. The molecule has 1 aromatic rings. The summed E-state index contributed by atoms with van der Waals surface area (Å²) in [6.45, 7) is 0. The van der Waals surface area contributed by atoms with E-state index in [2.05, 4.69) is 4.72 Å². The molecule has 20 heavy (non-hydrogen) atoms. The normalized spacial score (nSPS) is 29.0. The number of hydrogen-bond donors (Lipinski definition) is 1. The SMILES string of the molecule is O=S(=O)(Cc1c(F)cccc1F)NC1CC2CCC1O2. The molecular weight excluding hydrogens is 288 g/mol. The minimum absolute atomic E-state index is 0.109. The molecule has 110 valence electrons. The molecule has 2 aliphatic heterocycles. The van der Waals surface area contributed by atoms with Crippen LogP contribution in [0, 0.1) is 11.6 Å². The summed E-state index contributed by atoms with van der Waals surface area (Å²) >= 11 is 0. The van der Waals surface area contributed by atoms with Crippen LogP contribution in [0.3, 0.4) is 0 Å². The van der Waals surface area contributed by atoms with E-state index in [4.69, 9.17) is 4.74 Å². The topological polar surface area (TPSA) is 55.4 Å². The highest BCUT2D eigenvalue weighted by Crippen LogP contribution is 2.34. The van der Waals surface area contributed by atoms with Gasteiger partial charge in [0.1, 0.15) is 11.6 Å². The fraction of sp³-hybridized carbons (Fsp3) is 0.538. The number of halogens is 2. The first-order valence-electron chi connectivity index (χ1n) is 6.53. The van der Waals surface area contributed by atoms with Gasteiger partial charge in [-0.15, -0.1) is 0 Å². The van der Waals surface area contributed by atoms with Gasteiger partial charge in [-0.1, -0.05) is 6.07 Å². The third kappa shape index (κ3) is 2.70. The molecule has 3 unspecified atom stereocenters. The van der Waals surface area contributed by atoms with Crippen molar-refractivity contribution in [1.29, 1.82) is 0 Å². The van der Waals surface area contributed by atoms with Gasteiger partial charge in [0.25, 0.3) is 0 Å². The van der Waals surface area contributed by atoms with Crippen LogP contribution >= 0.6 is 0 Å². The maximum Gasteiger partial charge on any atom is 0.216 e. The zero-order valence-electron chi connectivity index (χ0n) is 10.7. The van der Waals surface area contributed by atoms with Crippen molar-refractivity contribution >= 4 is 10.0 Å². The van der Waals surface area contributed by atoms with Crippen molar-refractivity contribution in [1.82, 2.24) is 4.72 Å². The van der Waals surface area contributed by atoms with Gasteiger partial charge in [-0.3, -0.25) is 0 Å². The summed E-state index contributed by atoms with van der Waals surface area (Å²) < 4.78 is 59.1. The molecule has 2 fully saturated rings. The Kier molecular flexibility index (Phi) is 3.51. The van der Waals surface area contributed by atoms with Gasteiger partial charge < -0.3 is 4.74 Å². The predicted molar refractivity (Wildman–Crippen MR) is 68.4 cm³/mol. The van der Waals surface area contributed by atoms with Crippen LogP contribution in [0.2, 0.25) is 0 Å². The number of hydrogen-bond acceptors (Lipinski definition) is 3. The molecule has 0 amide bonds. The molecule has 2 aliphatic rings. The van der Waals surface area contributed by atoms with E-state index in [9.17, 15) is 17.2 Å². The van der Waals surface area contributed by atoms with Crippen molar-refractivity contribution in [2.75, 3.05) is 0 Å². The third-order valence-corrected chi connectivity index (χ3v) is 5.16. The van der Waals surface area contributed by atoms with Crippen LogP contribution in [0.25, 0.3) is 0 Å². The van der Waals surface area contributed by atoms with E-state index in [0.29, 0.717) is 6.42 Å². The molecule has 3 atom stereocenters. The number of ether oxygens (including phenoxy) is 1. The molecule has 4 nitrogen and oxygen atoms in total. The predicted octanol–water partition coefficient (Wildman–Crippen LogP) is 1.70. The second-order valence-corrected chi connectivity index (χ2v) is 7.05. The molecule has 0 spiro atoms. The second-order valence-electron chi connectivity index (χ2n) is 5.29. The number of rotatable bonds is 4. The molecular formula is C13H15F2NO3S. The molecule has 0 radical (unpaired) electrons. The molecule has 1 N–H and O–H groups in total. The van der Waals surface area contributed by atoms with Gasteiger partial charge in [0, 0.05) is 5.56 Å². The van der Waals surface area contributed by atoms with Crippen molar-refractivity contribution < 1.29 is 21.9 Å². The van der Waals surface area contributed by atoms with Crippen molar-refractivity contribution in [2.45, 2.75) is 43.3 Å². The Labute approximate surface area is 116 Å². The molecule has 1 aromatic carbocycles. The second kappa shape index (κ2) is 5.05. The van der Waals surface area contributed by atoms with E-state index in [1.54, 1.807) is 0 Å². The van der Waals surface area contributed by atoms with Gasteiger partial charge in [0.15, 0.2) is 0 Å². The third-order valence-electron chi connectivity index (χ3n) is 3.83. The summed E-state index contributed by atoms with van der Waals surface area (Å²) in [5, 5.41) is 0. The van der Waals surface area contributed by atoms with E-state index < -0.39 is 33.0 Å². The number of fused-ring (bicyclic) bond motifs is 2. The average molecular weight is 303 g/mol. The van der Waals surface area contributed by atoms with Gasteiger partial charge >= 0.3 is 0 Å². The maximum absolute atomic E-state index is 13.5. The summed E-state index contributed by atoms with van der Waals surface area (Å²) in [7, 11) is -3.80. The van der Waals surface area contributed by atoms with Gasteiger partial charge in [-0.05, 0) is 31.4 Å². The largest absolute Gasteiger partial charge is 0.373 e. The van der Waals surface area contributed by atoms with Crippen LogP contribution in [0.4, 0.5) is 8.78 Å². The van der Waals surface area contributed by atoms with Crippen molar-refractivity contribution in [3.8, 4) is 0 Å². The summed E-state index contributed by atoms with van der Waals surface area (Å²) in [4.78, 5) is 0. The molecule has 7 heteroatoms.